The van der Waals surface area contributed by atoms with Gasteiger partial charge in [-0.2, -0.15) is 10.4 Å². The number of nitriles is 1. The predicted octanol–water partition coefficient (Wildman–Crippen LogP) is -2.90. The number of hydrogen-bond donors (Lipinski definition) is 0. The van der Waals surface area contributed by atoms with Gasteiger partial charge in [0.05, 0.1) is 28.1 Å². The summed E-state index contributed by atoms with van der Waals surface area (Å²) in [5.74, 6) is 0.649. The van der Waals surface area contributed by atoms with Crippen molar-refractivity contribution in [3.63, 3.8) is 0 Å². The van der Waals surface area contributed by atoms with Gasteiger partial charge in [-0.05, 0) is 50.8 Å². The van der Waals surface area contributed by atoms with Crippen LogP contribution >= 0.6 is 47.8 Å². The molecule has 3 aliphatic rings. The number of Topliss-reactive ketones (excluding diaryl/α,β-unsaturated/α-hetero) is 2. The van der Waals surface area contributed by atoms with Crippen molar-refractivity contribution in [2.75, 3.05) is 6.54 Å². The molecule has 0 N–H and O–H groups in total. The Hall–Kier alpha value is 1.59. The number of carbonyl (C=O) groups is 3. The molecule has 32 heavy (non-hydrogen) atoms. The first-order valence-corrected chi connectivity index (χ1v) is 11.1. The summed E-state index contributed by atoms with van der Waals surface area (Å²) in [5.41, 5.74) is 0. The zero-order valence-electron chi connectivity index (χ0n) is 19.0. The van der Waals surface area contributed by atoms with E-state index in [4.69, 9.17) is 15.3 Å². The summed E-state index contributed by atoms with van der Waals surface area (Å²) in [6.45, 7) is 2.10. The van der Waals surface area contributed by atoms with Crippen molar-refractivity contribution in [1.82, 2.24) is 9.78 Å². The number of carbonyl (C=O) groups excluding carboxylic acids is 3. The molecular formula is C18H21Br3K2N4O5. The van der Waals surface area contributed by atoms with E-state index in [0.29, 0.717) is 18.0 Å². The van der Waals surface area contributed by atoms with Gasteiger partial charge in [0.1, 0.15) is 11.8 Å². The van der Waals surface area contributed by atoms with Gasteiger partial charge in [-0.25, -0.2) is 0 Å². The molecule has 1 aliphatic heterocycles. The van der Waals surface area contributed by atoms with Crippen molar-refractivity contribution in [2.24, 2.45) is 4.99 Å². The summed E-state index contributed by atoms with van der Waals surface area (Å²) >= 11 is 9.70. The number of rotatable bonds is 2. The Balaban J connectivity index is -0.000000168. The smallest absolute Gasteiger partial charge is 1.00 e. The van der Waals surface area contributed by atoms with Crippen molar-refractivity contribution in [3.8, 4) is 6.07 Å². The Morgan fingerprint density at radius 1 is 1.28 bits per heavy atom. The molecule has 0 radical (unpaired) electrons. The van der Waals surface area contributed by atoms with Gasteiger partial charge in [-0.3, -0.25) is 24.1 Å². The topological polar surface area (TPSA) is 137 Å². The minimum Gasteiger partial charge on any atom is -1.00 e. The van der Waals surface area contributed by atoms with Crippen LogP contribution in [-0.4, -0.2) is 45.4 Å². The van der Waals surface area contributed by atoms with E-state index < -0.39 is 0 Å². The maximum absolute atomic E-state index is 11.0. The van der Waals surface area contributed by atoms with Gasteiger partial charge in [0.15, 0.2) is 5.78 Å². The molecule has 14 heteroatoms. The van der Waals surface area contributed by atoms with E-state index in [0.717, 1.165) is 34.8 Å². The Kier molecular flexibility index (Phi) is 28.9. The van der Waals surface area contributed by atoms with Gasteiger partial charge in [0.2, 0.25) is 0 Å². The summed E-state index contributed by atoms with van der Waals surface area (Å²) in [5, 5.41) is 19.8. The van der Waals surface area contributed by atoms with E-state index in [1.54, 1.807) is 23.2 Å². The minimum atomic E-state index is -0.181. The molecule has 1 aromatic rings. The molecule has 2 unspecified atom stereocenters. The van der Waals surface area contributed by atoms with Crippen LogP contribution in [0.1, 0.15) is 40.1 Å². The van der Waals surface area contributed by atoms with Crippen LogP contribution in [0.15, 0.2) is 32.4 Å². The van der Waals surface area contributed by atoms with Crippen LogP contribution in [0.25, 0.3) is 0 Å². The number of aliphatic imine (C=N–C) groups is 1. The summed E-state index contributed by atoms with van der Waals surface area (Å²) in [6, 6.07) is 1.77. The molecule has 2 atom stereocenters. The van der Waals surface area contributed by atoms with E-state index in [2.05, 4.69) is 62.8 Å². The normalized spacial score (nSPS) is 18.6. The summed E-state index contributed by atoms with van der Waals surface area (Å²) < 4.78 is 3.75. The maximum Gasteiger partial charge on any atom is 1.00 e. The molecule has 0 saturated heterocycles. The maximum atomic E-state index is 11.0. The van der Waals surface area contributed by atoms with Crippen molar-refractivity contribution in [2.45, 2.75) is 43.5 Å². The standard InChI is InChI=1S/C7H7BrN2O.C4H4BrN.C4H5BrO.C2H3N.CH2O3.2K.H/c8-5-3-9-10(4-5)6-1-2-7(6)11;5-4-1-2-6-3-4;5-3-1-2-4(3)6;1-2-3;2-1-4-3;;;/h3-4,6H,1-2H2;1,3H,2H2;3H,1-2H2;1H3;1,3H;;;/q;;;;;2*+1;-1/p-1. The van der Waals surface area contributed by atoms with Gasteiger partial charge in [0.25, 0.3) is 6.47 Å². The Morgan fingerprint density at radius 3 is 1.97 bits per heavy atom. The number of aromatic nitrogens is 2. The number of nitrogens with zero attached hydrogens (tertiary/aromatic N) is 4. The van der Waals surface area contributed by atoms with E-state index in [-0.39, 0.29) is 122 Å². The van der Waals surface area contributed by atoms with Crippen LogP contribution in [0.2, 0.25) is 0 Å². The SMILES string of the molecule is BrC1=CCN=C1.CC#N.O=C1CCC1Br.O=C1CCC1n1cc(Br)cn1.O=CO[O-].[H-].[K+].[K+]. The van der Waals surface area contributed by atoms with Gasteiger partial charge >= 0.3 is 103 Å². The summed E-state index contributed by atoms with van der Waals surface area (Å²) in [4.78, 5) is 36.5. The molecule has 4 rings (SSSR count). The molecule has 2 aliphatic carbocycles. The monoisotopic (exact) mass is 688 g/mol. The molecule has 1 aromatic heterocycles. The Morgan fingerprint density at radius 2 is 1.81 bits per heavy atom. The average Bonchev–Trinajstić information content (AvgIpc) is 3.38. The third-order valence-electron chi connectivity index (χ3n) is 3.56. The second-order valence-electron chi connectivity index (χ2n) is 5.63. The first-order chi connectivity index (χ1) is 14.3. The van der Waals surface area contributed by atoms with Gasteiger partial charge in [0, 0.05) is 36.7 Å². The zero-order chi connectivity index (χ0) is 22.9. The average molecular weight is 691 g/mol. The molecular weight excluding hydrogens is 670 g/mol. The molecule has 0 amide bonds. The van der Waals surface area contributed by atoms with Crippen molar-refractivity contribution >= 4 is 72.0 Å². The van der Waals surface area contributed by atoms with E-state index in [1.807, 2.05) is 12.3 Å². The third-order valence-corrected chi connectivity index (χ3v) is 5.47. The molecule has 0 aromatic carbocycles. The van der Waals surface area contributed by atoms with Gasteiger partial charge < -0.3 is 11.6 Å². The van der Waals surface area contributed by atoms with Crippen molar-refractivity contribution in [1.29, 1.82) is 5.26 Å². The van der Waals surface area contributed by atoms with Crippen LogP contribution < -0.4 is 108 Å². The van der Waals surface area contributed by atoms with Gasteiger partial charge in [-0.15, -0.1) is 0 Å². The molecule has 0 spiro atoms. The number of halogens is 3. The van der Waals surface area contributed by atoms with Crippen LogP contribution in [-0.2, 0) is 19.3 Å². The fourth-order valence-corrected chi connectivity index (χ4v) is 2.91. The van der Waals surface area contributed by atoms with Crippen molar-refractivity contribution in [3.05, 3.63) is 27.4 Å². The molecule has 2 fully saturated rings. The molecule has 0 bridgehead atoms. The summed E-state index contributed by atoms with van der Waals surface area (Å²) in [6.07, 6.45) is 10.8. The Bertz CT molecular complexity index is 804. The first-order valence-electron chi connectivity index (χ1n) is 8.58. The quantitative estimate of drug-likeness (QED) is 0.107. The number of alkyl halides is 1. The molecule has 166 valence electrons. The molecule has 2 heterocycles. The Labute approximate surface area is 298 Å². The van der Waals surface area contributed by atoms with E-state index in [9.17, 15) is 9.59 Å². The van der Waals surface area contributed by atoms with Crippen LogP contribution in [0, 0.1) is 11.3 Å². The van der Waals surface area contributed by atoms with Crippen molar-refractivity contribution < 1.29 is 129 Å². The fraction of sp³-hybridized carbons (Fsp3) is 0.444. The first kappa shape index (κ1) is 38.1. The van der Waals surface area contributed by atoms with Gasteiger partial charge in [-0.1, -0.05) is 15.9 Å². The second-order valence-corrected chi connectivity index (χ2v) is 8.57. The van der Waals surface area contributed by atoms with Crippen LogP contribution in [0.4, 0.5) is 0 Å². The molecule has 2 saturated carbocycles. The van der Waals surface area contributed by atoms with Crippen LogP contribution in [0.3, 0.4) is 0 Å². The predicted molar refractivity (Wildman–Crippen MR) is 120 cm³/mol. The van der Waals surface area contributed by atoms with E-state index >= 15 is 0 Å². The zero-order valence-corrected chi connectivity index (χ0v) is 29.0. The van der Waals surface area contributed by atoms with Crippen LogP contribution in [0.5, 0.6) is 0 Å². The fourth-order valence-electron chi connectivity index (χ4n) is 1.86. The third kappa shape index (κ3) is 17.9. The minimum absolute atomic E-state index is 0. The van der Waals surface area contributed by atoms with E-state index in [1.165, 1.54) is 6.92 Å². The number of allylic oxidation sites excluding steroid dienone is 1. The number of hydrogen-bond acceptors (Lipinski definition) is 8. The molecule has 9 nitrogen and oxygen atoms in total. The second kappa shape index (κ2) is 24.3. The largest absolute Gasteiger partial charge is 1.00 e. The summed E-state index contributed by atoms with van der Waals surface area (Å²) in [7, 11) is 0. The number of ketones is 2.